The molecule has 0 spiro atoms. The van der Waals surface area contributed by atoms with Crippen LogP contribution in [0.5, 0.6) is 0 Å². The second kappa shape index (κ2) is 2.95. The first kappa shape index (κ1) is 7.32. The van der Waals surface area contributed by atoms with Gasteiger partial charge < -0.3 is 5.73 Å². The largest absolute Gasteiger partial charge is 0.322 e. The zero-order chi connectivity index (χ0) is 8.39. The maximum atomic E-state index is 5.49. The Kier molecular flexibility index (Phi) is 1.80. The highest BCUT2D eigenvalue weighted by Gasteiger charge is 1.96. The van der Waals surface area contributed by atoms with Gasteiger partial charge in [0.15, 0.2) is 0 Å². The van der Waals surface area contributed by atoms with E-state index in [0.29, 0.717) is 0 Å². The molecule has 0 aromatic heterocycles. The molecule has 2 rings (SSSR count). The van der Waals surface area contributed by atoms with Crippen molar-refractivity contribution in [3.05, 3.63) is 54.6 Å². The lowest BCUT2D eigenvalue weighted by molar-refractivity contribution is 1.38. The van der Waals surface area contributed by atoms with Gasteiger partial charge in [-0.25, -0.2) is 0 Å². The van der Waals surface area contributed by atoms with Crippen LogP contribution in [0.2, 0.25) is 0 Å². The Bertz CT molecular complexity index is 388. The molecule has 0 bridgehead atoms. The molecule has 0 aliphatic heterocycles. The first-order valence-corrected chi connectivity index (χ1v) is 3.94. The minimum absolute atomic E-state index is 1.09. The van der Waals surface area contributed by atoms with Crippen molar-refractivity contribution >= 4 is 10.8 Å². The van der Waals surface area contributed by atoms with Crippen molar-refractivity contribution in [2.75, 3.05) is 0 Å². The average molecular weight is 156 g/mol. The van der Waals surface area contributed by atoms with Gasteiger partial charge in [0.05, 0.1) is 0 Å². The second-order valence-corrected chi connectivity index (χ2v) is 2.74. The molecule has 12 heavy (non-hydrogen) atoms. The third kappa shape index (κ3) is 1.08. The van der Waals surface area contributed by atoms with Gasteiger partial charge in [0.25, 0.3) is 0 Å². The summed E-state index contributed by atoms with van der Waals surface area (Å²) in [4.78, 5) is 0. The Labute approximate surface area is 71.8 Å². The summed E-state index contributed by atoms with van der Waals surface area (Å²) in [5.74, 6) is 0. The van der Waals surface area contributed by atoms with Crippen molar-refractivity contribution in [2.24, 2.45) is 5.73 Å². The zero-order valence-corrected chi connectivity index (χ0v) is 6.70. The number of hydrogen-bond acceptors (Lipinski definition) is 1. The molecule has 0 fully saturated rings. The van der Waals surface area contributed by atoms with E-state index in [1.165, 1.54) is 10.8 Å². The highest BCUT2D eigenvalue weighted by molar-refractivity contribution is 5.86. The maximum Gasteiger partial charge on any atom is 0.0497 e. The molecule has 1 radical (unpaired) electrons. The van der Waals surface area contributed by atoms with Crippen LogP contribution in [-0.4, -0.2) is 0 Å². The molecule has 1 nitrogen and oxygen atoms in total. The summed E-state index contributed by atoms with van der Waals surface area (Å²) in [6.45, 7) is 1.64. The molecule has 0 aliphatic rings. The summed E-state index contributed by atoms with van der Waals surface area (Å²) >= 11 is 0. The van der Waals surface area contributed by atoms with Crippen LogP contribution in [0.3, 0.4) is 0 Å². The van der Waals surface area contributed by atoms with Crippen molar-refractivity contribution in [2.45, 2.75) is 0 Å². The van der Waals surface area contributed by atoms with Crippen LogP contribution in [0.1, 0.15) is 5.56 Å². The first-order chi connectivity index (χ1) is 5.92. The normalized spacial score (nSPS) is 10.4. The van der Waals surface area contributed by atoms with Crippen LogP contribution in [0.25, 0.3) is 10.8 Å². The minimum Gasteiger partial charge on any atom is -0.322 e. The molecule has 2 aromatic carbocycles. The van der Waals surface area contributed by atoms with Gasteiger partial charge >= 0.3 is 0 Å². The van der Waals surface area contributed by atoms with E-state index in [0.717, 1.165) is 5.56 Å². The van der Waals surface area contributed by atoms with E-state index in [9.17, 15) is 0 Å². The van der Waals surface area contributed by atoms with Crippen LogP contribution in [0.15, 0.2) is 42.5 Å². The fraction of sp³-hybridized carbons (Fsp3) is 0. The van der Waals surface area contributed by atoms with Crippen LogP contribution >= 0.6 is 0 Å². The Hall–Kier alpha value is -1.34. The Balaban J connectivity index is 2.79. The molecule has 0 unspecified atom stereocenters. The van der Waals surface area contributed by atoms with Gasteiger partial charge in [-0.15, -0.1) is 0 Å². The van der Waals surface area contributed by atoms with Crippen LogP contribution < -0.4 is 5.73 Å². The van der Waals surface area contributed by atoms with Crippen LogP contribution in [0, 0.1) is 6.54 Å². The number of hydrogen-bond donors (Lipinski definition) is 1. The number of benzene rings is 2. The molecule has 0 saturated heterocycles. The van der Waals surface area contributed by atoms with Crippen molar-refractivity contribution in [1.82, 2.24) is 0 Å². The van der Waals surface area contributed by atoms with Crippen molar-refractivity contribution in [3.63, 3.8) is 0 Å². The Morgan fingerprint density at radius 3 is 2.50 bits per heavy atom. The number of nitrogens with two attached hydrogens (primary N) is 1. The van der Waals surface area contributed by atoms with Gasteiger partial charge in [0.1, 0.15) is 0 Å². The molecule has 0 heterocycles. The average Bonchev–Trinajstić information content (AvgIpc) is 2.17. The van der Waals surface area contributed by atoms with Crippen molar-refractivity contribution in [3.8, 4) is 0 Å². The Morgan fingerprint density at radius 2 is 1.67 bits per heavy atom. The third-order valence-electron chi connectivity index (χ3n) is 2.00. The molecule has 0 aliphatic carbocycles. The standard InChI is InChI=1S/C11H10N/c12-8-10-6-3-5-9-4-1-2-7-11(9)10/h1-8H,12H2. The summed E-state index contributed by atoms with van der Waals surface area (Å²) in [7, 11) is 0. The van der Waals surface area contributed by atoms with Crippen molar-refractivity contribution in [1.29, 1.82) is 0 Å². The highest BCUT2D eigenvalue weighted by Crippen LogP contribution is 2.17. The van der Waals surface area contributed by atoms with E-state index in [4.69, 9.17) is 5.73 Å². The molecule has 0 atom stereocenters. The summed E-state index contributed by atoms with van der Waals surface area (Å²) < 4.78 is 0. The quantitative estimate of drug-likeness (QED) is 0.673. The third-order valence-corrected chi connectivity index (χ3v) is 2.00. The van der Waals surface area contributed by atoms with E-state index in [1.807, 2.05) is 24.3 Å². The zero-order valence-electron chi connectivity index (χ0n) is 6.70. The summed E-state index contributed by atoms with van der Waals surface area (Å²) in [5.41, 5.74) is 6.58. The summed E-state index contributed by atoms with van der Waals surface area (Å²) in [6.07, 6.45) is 0. The number of rotatable bonds is 1. The molecular formula is C11H10N. The van der Waals surface area contributed by atoms with E-state index in [2.05, 4.69) is 18.2 Å². The topological polar surface area (TPSA) is 26.0 Å². The molecule has 0 saturated carbocycles. The van der Waals surface area contributed by atoms with E-state index >= 15 is 0 Å². The predicted molar refractivity (Wildman–Crippen MR) is 51.5 cm³/mol. The molecule has 2 N–H and O–H groups in total. The van der Waals surface area contributed by atoms with Gasteiger partial charge in [0.2, 0.25) is 0 Å². The lowest BCUT2D eigenvalue weighted by Crippen LogP contribution is -1.92. The summed E-state index contributed by atoms with van der Waals surface area (Å²) in [6, 6.07) is 14.3. The lowest BCUT2D eigenvalue weighted by atomic mass is 10.1. The molecule has 59 valence electrons. The predicted octanol–water partition coefficient (Wildman–Crippen LogP) is 2.31. The van der Waals surface area contributed by atoms with Gasteiger partial charge in [-0.1, -0.05) is 42.5 Å². The monoisotopic (exact) mass is 156 g/mol. The highest BCUT2D eigenvalue weighted by atomic mass is 14.5. The number of fused-ring (bicyclic) bond motifs is 1. The molecule has 0 amide bonds. The van der Waals surface area contributed by atoms with Gasteiger partial charge in [-0.05, 0) is 16.3 Å². The van der Waals surface area contributed by atoms with E-state index < -0.39 is 0 Å². The SMILES string of the molecule is N[CH]c1cccc2ccccc12. The minimum atomic E-state index is 1.09. The smallest absolute Gasteiger partial charge is 0.0497 e. The lowest BCUT2D eigenvalue weighted by Gasteiger charge is -2.01. The molecule has 2 aromatic rings. The summed E-state index contributed by atoms with van der Waals surface area (Å²) in [5, 5.41) is 2.44. The fourth-order valence-electron chi connectivity index (χ4n) is 1.40. The van der Waals surface area contributed by atoms with E-state index in [1.54, 1.807) is 6.54 Å². The van der Waals surface area contributed by atoms with Crippen molar-refractivity contribution < 1.29 is 0 Å². The van der Waals surface area contributed by atoms with Crippen LogP contribution in [-0.2, 0) is 0 Å². The molecular weight excluding hydrogens is 146 g/mol. The maximum absolute atomic E-state index is 5.49. The second-order valence-electron chi connectivity index (χ2n) is 2.74. The van der Waals surface area contributed by atoms with Gasteiger partial charge in [-0.3, -0.25) is 0 Å². The first-order valence-electron chi connectivity index (χ1n) is 3.94. The van der Waals surface area contributed by atoms with E-state index in [-0.39, 0.29) is 0 Å². The van der Waals surface area contributed by atoms with Gasteiger partial charge in [0, 0.05) is 6.54 Å². The molecule has 1 heteroatoms. The van der Waals surface area contributed by atoms with Crippen LogP contribution in [0.4, 0.5) is 0 Å². The fourth-order valence-corrected chi connectivity index (χ4v) is 1.40. The van der Waals surface area contributed by atoms with Gasteiger partial charge in [-0.2, -0.15) is 0 Å². The Morgan fingerprint density at radius 1 is 0.917 bits per heavy atom.